The molecule has 2 N–H and O–H groups in total. The Bertz CT molecular complexity index is 577. The molecule has 5 heteroatoms. The van der Waals surface area contributed by atoms with E-state index in [0.717, 1.165) is 4.47 Å². The van der Waals surface area contributed by atoms with E-state index in [0.29, 0.717) is 16.2 Å². The van der Waals surface area contributed by atoms with E-state index in [-0.39, 0.29) is 11.6 Å². The summed E-state index contributed by atoms with van der Waals surface area (Å²) in [4.78, 5) is 0.522. The second kappa shape index (κ2) is 6.50. The average Bonchev–Trinajstić information content (AvgIpc) is 2.40. The summed E-state index contributed by atoms with van der Waals surface area (Å²) in [7, 11) is 0. The summed E-state index contributed by atoms with van der Waals surface area (Å²) in [6, 6.07) is 10.6. The molecule has 0 radical (unpaired) electrons. The molecule has 1 nitrogen and oxygen atoms in total. The minimum atomic E-state index is -0.484. The van der Waals surface area contributed by atoms with Gasteiger partial charge in [-0.25, -0.2) is 8.78 Å². The number of rotatable bonds is 4. The summed E-state index contributed by atoms with van der Waals surface area (Å²) < 4.78 is 27.9. The topological polar surface area (TPSA) is 26.0 Å². The van der Waals surface area contributed by atoms with Crippen molar-refractivity contribution < 1.29 is 8.78 Å². The first-order chi connectivity index (χ1) is 9.08. The molecule has 1 atom stereocenters. The molecule has 0 aliphatic rings. The highest BCUT2D eigenvalue weighted by atomic mass is 79.9. The van der Waals surface area contributed by atoms with Gasteiger partial charge in [-0.1, -0.05) is 28.1 Å². The quantitative estimate of drug-likeness (QED) is 0.826. The number of nitrogens with two attached hydrogens (primary N) is 1. The van der Waals surface area contributed by atoms with Crippen molar-refractivity contribution in [2.45, 2.75) is 10.9 Å². The average molecular weight is 344 g/mol. The zero-order valence-electron chi connectivity index (χ0n) is 9.95. The Balaban J connectivity index is 2.07. The molecule has 0 aliphatic carbocycles. The molecule has 0 heterocycles. The lowest BCUT2D eigenvalue weighted by Gasteiger charge is -2.13. The Kier molecular flexibility index (Phi) is 4.96. The van der Waals surface area contributed by atoms with Gasteiger partial charge in [0.2, 0.25) is 0 Å². The normalized spacial score (nSPS) is 12.4. The number of thioether (sulfide) groups is 1. The maximum atomic E-state index is 13.6. The molecule has 2 aromatic rings. The van der Waals surface area contributed by atoms with E-state index in [2.05, 4.69) is 15.9 Å². The minimum Gasteiger partial charge on any atom is -0.323 e. The van der Waals surface area contributed by atoms with E-state index in [1.807, 2.05) is 0 Å². The molecule has 19 heavy (non-hydrogen) atoms. The van der Waals surface area contributed by atoms with Crippen molar-refractivity contribution in [3.05, 3.63) is 64.1 Å². The summed E-state index contributed by atoms with van der Waals surface area (Å²) in [5, 5.41) is 0. The predicted octanol–water partition coefficient (Wildman–Crippen LogP) is 4.52. The summed E-state index contributed by atoms with van der Waals surface area (Å²) >= 11 is 4.57. The van der Waals surface area contributed by atoms with E-state index in [4.69, 9.17) is 5.73 Å². The standard InChI is InChI=1S/C14H12BrF2NS/c15-9-5-6-11(16)10(7-9)13(18)8-19-14-4-2-1-3-12(14)17/h1-7,13H,8,18H2. The van der Waals surface area contributed by atoms with Crippen molar-refractivity contribution in [1.29, 1.82) is 0 Å². The highest BCUT2D eigenvalue weighted by Crippen LogP contribution is 2.27. The van der Waals surface area contributed by atoms with Crippen molar-refractivity contribution in [2.24, 2.45) is 5.73 Å². The minimum absolute atomic E-state index is 0.283. The monoisotopic (exact) mass is 343 g/mol. The lowest BCUT2D eigenvalue weighted by molar-refractivity contribution is 0.593. The second-order valence-electron chi connectivity index (χ2n) is 4.01. The SMILES string of the molecule is NC(CSc1ccccc1F)c1cc(Br)ccc1F. The van der Waals surface area contributed by atoms with E-state index in [9.17, 15) is 8.78 Å². The van der Waals surface area contributed by atoms with Gasteiger partial charge in [0, 0.05) is 26.7 Å². The van der Waals surface area contributed by atoms with Crippen molar-refractivity contribution in [2.75, 3.05) is 5.75 Å². The van der Waals surface area contributed by atoms with Crippen molar-refractivity contribution >= 4 is 27.7 Å². The molecule has 0 spiro atoms. The van der Waals surface area contributed by atoms with Gasteiger partial charge in [0.25, 0.3) is 0 Å². The maximum absolute atomic E-state index is 13.6. The first kappa shape index (κ1) is 14.5. The zero-order valence-corrected chi connectivity index (χ0v) is 12.3. The van der Waals surface area contributed by atoms with Crippen molar-refractivity contribution in [3.8, 4) is 0 Å². The van der Waals surface area contributed by atoms with Gasteiger partial charge < -0.3 is 5.73 Å². The summed E-state index contributed by atoms with van der Waals surface area (Å²) in [5.41, 5.74) is 6.39. The fourth-order valence-electron chi connectivity index (χ4n) is 1.63. The second-order valence-corrected chi connectivity index (χ2v) is 5.99. The molecule has 2 rings (SSSR count). The molecule has 0 saturated heterocycles. The zero-order chi connectivity index (χ0) is 13.8. The fraction of sp³-hybridized carbons (Fsp3) is 0.143. The molecular formula is C14H12BrF2NS. The Labute approximate surface area is 123 Å². The van der Waals surface area contributed by atoms with Gasteiger partial charge in [-0.2, -0.15) is 0 Å². The third-order valence-electron chi connectivity index (χ3n) is 2.61. The van der Waals surface area contributed by atoms with Crippen LogP contribution in [0.15, 0.2) is 51.8 Å². The first-order valence-corrected chi connectivity index (χ1v) is 7.43. The third-order valence-corrected chi connectivity index (χ3v) is 4.27. The van der Waals surface area contributed by atoms with Gasteiger partial charge in [-0.05, 0) is 30.3 Å². The summed E-state index contributed by atoms with van der Waals surface area (Å²) in [6.07, 6.45) is 0. The Morgan fingerprint density at radius 3 is 2.58 bits per heavy atom. The van der Waals surface area contributed by atoms with Crippen LogP contribution in [0.25, 0.3) is 0 Å². The fourth-order valence-corrected chi connectivity index (χ4v) is 2.93. The van der Waals surface area contributed by atoms with Crippen LogP contribution in [0, 0.1) is 11.6 Å². The molecule has 0 fully saturated rings. The molecular weight excluding hydrogens is 332 g/mol. The highest BCUT2D eigenvalue weighted by molar-refractivity contribution is 9.10. The predicted molar refractivity (Wildman–Crippen MR) is 78.2 cm³/mol. The Morgan fingerprint density at radius 2 is 1.84 bits per heavy atom. The van der Waals surface area contributed by atoms with Crippen LogP contribution in [-0.2, 0) is 0 Å². The maximum Gasteiger partial charge on any atom is 0.136 e. The number of benzene rings is 2. The molecule has 1 unspecified atom stereocenters. The van der Waals surface area contributed by atoms with Gasteiger partial charge in [0.1, 0.15) is 11.6 Å². The largest absolute Gasteiger partial charge is 0.323 e. The van der Waals surface area contributed by atoms with E-state index in [1.54, 1.807) is 30.3 Å². The van der Waals surface area contributed by atoms with Gasteiger partial charge in [-0.15, -0.1) is 11.8 Å². The molecule has 2 aromatic carbocycles. The van der Waals surface area contributed by atoms with Crippen LogP contribution in [0.2, 0.25) is 0 Å². The molecule has 0 aromatic heterocycles. The molecule has 0 aliphatic heterocycles. The van der Waals surface area contributed by atoms with Crippen LogP contribution in [0.4, 0.5) is 8.78 Å². The molecule has 100 valence electrons. The lowest BCUT2D eigenvalue weighted by atomic mass is 10.1. The van der Waals surface area contributed by atoms with Crippen molar-refractivity contribution in [3.63, 3.8) is 0 Å². The third kappa shape index (κ3) is 3.78. The van der Waals surface area contributed by atoms with Gasteiger partial charge in [-0.3, -0.25) is 0 Å². The summed E-state index contributed by atoms with van der Waals surface area (Å²) in [6.45, 7) is 0. The lowest BCUT2D eigenvalue weighted by Crippen LogP contribution is -2.14. The Hall–Kier alpha value is -0.910. The smallest absolute Gasteiger partial charge is 0.136 e. The molecule has 0 amide bonds. The van der Waals surface area contributed by atoms with Crippen LogP contribution < -0.4 is 5.73 Å². The van der Waals surface area contributed by atoms with Gasteiger partial charge >= 0.3 is 0 Å². The van der Waals surface area contributed by atoms with Crippen LogP contribution >= 0.6 is 27.7 Å². The van der Waals surface area contributed by atoms with E-state index >= 15 is 0 Å². The summed E-state index contributed by atoms with van der Waals surface area (Å²) in [5.74, 6) is -0.215. The van der Waals surface area contributed by atoms with Gasteiger partial charge in [0.05, 0.1) is 0 Å². The van der Waals surface area contributed by atoms with Crippen LogP contribution in [0.1, 0.15) is 11.6 Å². The van der Waals surface area contributed by atoms with Crippen LogP contribution in [0.5, 0.6) is 0 Å². The molecule has 0 bridgehead atoms. The van der Waals surface area contributed by atoms with E-state index in [1.165, 1.54) is 23.9 Å². The number of halogens is 3. The van der Waals surface area contributed by atoms with Crippen molar-refractivity contribution in [1.82, 2.24) is 0 Å². The number of hydrogen-bond acceptors (Lipinski definition) is 2. The van der Waals surface area contributed by atoms with Crippen LogP contribution in [-0.4, -0.2) is 5.75 Å². The van der Waals surface area contributed by atoms with E-state index < -0.39 is 6.04 Å². The van der Waals surface area contributed by atoms with Gasteiger partial charge in [0.15, 0.2) is 0 Å². The van der Waals surface area contributed by atoms with Crippen LogP contribution in [0.3, 0.4) is 0 Å². The Morgan fingerprint density at radius 1 is 1.11 bits per heavy atom. The first-order valence-electron chi connectivity index (χ1n) is 5.66. The highest BCUT2D eigenvalue weighted by Gasteiger charge is 2.13. The number of hydrogen-bond donors (Lipinski definition) is 1. The molecule has 0 saturated carbocycles.